The third-order valence-electron chi connectivity index (χ3n) is 7.60. The standard InChI is InChI=1S/C27H18Cl4N2O3/c1-13(23(34)32-19-12-6-11-18(28)22(19)29)33-24(35)20-21(25(33)36)27(31)15-8-3-2-7-14(15)26(20,30)16-9-4-5-10-17(16)27/h2-13,20-21H,1H3,(H,32,34)/t13-,20+,21+,26?,27?/m1/s1. The number of halogens is 4. The monoisotopic (exact) mass is 558 g/mol. The Morgan fingerprint density at radius 2 is 1.25 bits per heavy atom. The van der Waals surface area contributed by atoms with Gasteiger partial charge in [0.25, 0.3) is 0 Å². The van der Waals surface area contributed by atoms with Gasteiger partial charge in [0.2, 0.25) is 17.7 Å². The molecule has 5 nitrogen and oxygen atoms in total. The van der Waals surface area contributed by atoms with Crippen molar-refractivity contribution < 1.29 is 14.4 Å². The lowest BCUT2D eigenvalue weighted by Crippen LogP contribution is -2.57. The molecule has 3 aromatic rings. The summed E-state index contributed by atoms with van der Waals surface area (Å²) in [5.74, 6) is -3.60. The van der Waals surface area contributed by atoms with Gasteiger partial charge in [0.1, 0.15) is 15.8 Å². The van der Waals surface area contributed by atoms with Crippen molar-refractivity contribution in [1.82, 2.24) is 4.90 Å². The summed E-state index contributed by atoms with van der Waals surface area (Å²) in [6.07, 6.45) is 0. The fourth-order valence-corrected chi connectivity index (χ4v) is 7.47. The molecular weight excluding hydrogens is 542 g/mol. The molecule has 4 aliphatic rings. The number of alkyl halides is 2. The van der Waals surface area contributed by atoms with E-state index in [1.165, 1.54) is 6.92 Å². The second kappa shape index (κ2) is 7.96. The second-order valence-electron chi connectivity index (χ2n) is 9.28. The molecule has 3 amide bonds. The SMILES string of the molecule is C[C@H](C(=O)Nc1cccc(Cl)c1Cl)N1C(=O)[C@@H]2[C@@H](C1=O)C1(Cl)c3ccccc3C2(Cl)c2ccccc21. The molecule has 1 N–H and O–H groups in total. The van der Waals surface area contributed by atoms with Crippen LogP contribution in [0.15, 0.2) is 66.7 Å². The maximum absolute atomic E-state index is 14.0. The Labute approximate surface area is 227 Å². The van der Waals surface area contributed by atoms with Crippen LogP contribution in [0.25, 0.3) is 0 Å². The van der Waals surface area contributed by atoms with Gasteiger partial charge in [-0.3, -0.25) is 19.3 Å². The maximum Gasteiger partial charge on any atom is 0.247 e. The molecule has 36 heavy (non-hydrogen) atoms. The third-order valence-corrected chi connectivity index (χ3v) is 9.70. The van der Waals surface area contributed by atoms with Crippen molar-refractivity contribution in [2.45, 2.75) is 22.7 Å². The highest BCUT2D eigenvalue weighted by molar-refractivity contribution is 6.44. The van der Waals surface area contributed by atoms with Gasteiger partial charge in [-0.2, -0.15) is 0 Å². The van der Waals surface area contributed by atoms with Crippen LogP contribution in [-0.2, 0) is 24.1 Å². The minimum absolute atomic E-state index is 0.163. The molecule has 182 valence electrons. The second-order valence-corrected chi connectivity index (χ2v) is 11.3. The highest BCUT2D eigenvalue weighted by atomic mass is 35.5. The zero-order chi connectivity index (χ0) is 25.6. The van der Waals surface area contributed by atoms with Crippen molar-refractivity contribution in [3.8, 4) is 0 Å². The number of likely N-dealkylation sites (tertiary alicyclic amines) is 1. The van der Waals surface area contributed by atoms with Crippen molar-refractivity contribution in [1.29, 1.82) is 0 Å². The highest BCUT2D eigenvalue weighted by Gasteiger charge is 2.73. The fraction of sp³-hybridized carbons (Fsp3) is 0.222. The van der Waals surface area contributed by atoms with Crippen LogP contribution < -0.4 is 5.32 Å². The van der Waals surface area contributed by atoms with Crippen molar-refractivity contribution in [3.63, 3.8) is 0 Å². The summed E-state index contributed by atoms with van der Waals surface area (Å²) >= 11 is 27.1. The first-order chi connectivity index (χ1) is 17.1. The predicted molar refractivity (Wildman–Crippen MR) is 140 cm³/mol. The minimum Gasteiger partial charge on any atom is -0.323 e. The van der Waals surface area contributed by atoms with Gasteiger partial charge >= 0.3 is 0 Å². The molecule has 0 saturated carbocycles. The zero-order valence-corrected chi connectivity index (χ0v) is 21.8. The van der Waals surface area contributed by atoms with Crippen molar-refractivity contribution in [2.75, 3.05) is 5.32 Å². The van der Waals surface area contributed by atoms with Gasteiger partial charge in [0.15, 0.2) is 0 Å². The number of nitrogens with zero attached hydrogens (tertiary/aromatic N) is 1. The topological polar surface area (TPSA) is 66.5 Å². The van der Waals surface area contributed by atoms with Crippen LogP contribution in [0.5, 0.6) is 0 Å². The summed E-state index contributed by atoms with van der Waals surface area (Å²) in [6, 6.07) is 18.4. The summed E-state index contributed by atoms with van der Waals surface area (Å²) in [5, 5.41) is 3.10. The molecule has 0 aromatic heterocycles. The van der Waals surface area contributed by atoms with E-state index in [9.17, 15) is 14.4 Å². The van der Waals surface area contributed by atoms with E-state index in [0.717, 1.165) is 4.90 Å². The van der Waals surface area contributed by atoms with Crippen molar-refractivity contribution >= 4 is 69.8 Å². The third kappa shape index (κ3) is 2.83. The molecular formula is C27H18Cl4N2O3. The lowest BCUT2D eigenvalue weighted by Gasteiger charge is -2.54. The molecule has 7 rings (SSSR count). The first kappa shape index (κ1) is 23.8. The number of hydrogen-bond donors (Lipinski definition) is 1. The smallest absolute Gasteiger partial charge is 0.247 e. The summed E-state index contributed by atoms with van der Waals surface area (Å²) < 4.78 is 0. The molecule has 3 aliphatic carbocycles. The number of imide groups is 1. The number of nitrogens with one attached hydrogen (secondary N) is 1. The lowest BCUT2D eigenvalue weighted by atomic mass is 9.54. The van der Waals surface area contributed by atoms with E-state index in [-0.39, 0.29) is 15.7 Å². The molecule has 3 atom stereocenters. The average molecular weight is 560 g/mol. The fourth-order valence-electron chi connectivity index (χ4n) is 6.03. The number of benzene rings is 3. The normalized spacial score (nSPS) is 28.4. The minimum atomic E-state index is -1.30. The Morgan fingerprint density at radius 3 is 1.69 bits per heavy atom. The van der Waals surface area contributed by atoms with E-state index in [1.807, 2.05) is 48.5 Å². The van der Waals surface area contributed by atoms with Crippen LogP contribution >= 0.6 is 46.4 Å². The van der Waals surface area contributed by atoms with Crippen LogP contribution in [-0.4, -0.2) is 28.7 Å². The Morgan fingerprint density at radius 1 is 0.806 bits per heavy atom. The van der Waals surface area contributed by atoms with Gasteiger partial charge in [0.05, 0.1) is 27.6 Å². The van der Waals surface area contributed by atoms with Crippen LogP contribution in [0, 0.1) is 11.8 Å². The maximum atomic E-state index is 14.0. The molecule has 0 unspecified atom stereocenters. The first-order valence-corrected chi connectivity index (χ1v) is 12.8. The molecule has 2 bridgehead atoms. The summed E-state index contributed by atoms with van der Waals surface area (Å²) in [5.41, 5.74) is 3.08. The predicted octanol–water partition coefficient (Wildman–Crippen LogP) is 5.91. The number of hydrogen-bond acceptors (Lipinski definition) is 3. The van der Waals surface area contributed by atoms with Crippen LogP contribution in [0.1, 0.15) is 29.2 Å². The van der Waals surface area contributed by atoms with Gasteiger partial charge in [-0.1, -0.05) is 77.8 Å². The van der Waals surface area contributed by atoms with Gasteiger partial charge in [-0.25, -0.2) is 0 Å². The summed E-state index contributed by atoms with van der Waals surface area (Å²) in [4.78, 5) is 39.5. The quantitative estimate of drug-likeness (QED) is 0.320. The van der Waals surface area contributed by atoms with Crippen LogP contribution in [0.4, 0.5) is 5.69 Å². The lowest BCUT2D eigenvalue weighted by molar-refractivity contribution is -0.146. The summed E-state index contributed by atoms with van der Waals surface area (Å²) in [6.45, 7) is 1.49. The molecule has 0 spiro atoms. The molecule has 9 heteroatoms. The van der Waals surface area contributed by atoms with E-state index in [4.69, 9.17) is 46.4 Å². The Bertz CT molecular complexity index is 1370. The zero-order valence-electron chi connectivity index (χ0n) is 18.8. The Hall–Kier alpha value is -2.57. The molecule has 1 fully saturated rings. The van der Waals surface area contributed by atoms with E-state index < -0.39 is 45.3 Å². The summed E-state index contributed by atoms with van der Waals surface area (Å²) in [7, 11) is 0. The van der Waals surface area contributed by atoms with E-state index in [2.05, 4.69) is 5.32 Å². The molecule has 1 heterocycles. The van der Waals surface area contributed by atoms with Crippen molar-refractivity contribution in [3.05, 3.63) is 99.0 Å². The largest absolute Gasteiger partial charge is 0.323 e. The number of anilines is 1. The van der Waals surface area contributed by atoms with Crippen LogP contribution in [0.2, 0.25) is 10.0 Å². The molecule has 0 radical (unpaired) electrons. The number of amides is 3. The molecule has 3 aromatic carbocycles. The van der Waals surface area contributed by atoms with E-state index in [0.29, 0.717) is 22.3 Å². The van der Waals surface area contributed by atoms with Gasteiger partial charge in [0, 0.05) is 0 Å². The highest BCUT2D eigenvalue weighted by Crippen LogP contribution is 2.69. The average Bonchev–Trinajstić information content (AvgIpc) is 3.15. The Kier molecular flexibility index (Phi) is 5.27. The number of carbonyl (C=O) groups excluding carboxylic acids is 3. The van der Waals surface area contributed by atoms with E-state index >= 15 is 0 Å². The first-order valence-electron chi connectivity index (χ1n) is 11.3. The van der Waals surface area contributed by atoms with Gasteiger partial charge in [-0.05, 0) is 41.3 Å². The van der Waals surface area contributed by atoms with Gasteiger partial charge in [-0.15, -0.1) is 23.2 Å². The van der Waals surface area contributed by atoms with Gasteiger partial charge < -0.3 is 5.32 Å². The molecule has 1 aliphatic heterocycles. The van der Waals surface area contributed by atoms with Crippen molar-refractivity contribution in [2.24, 2.45) is 11.8 Å². The van der Waals surface area contributed by atoms with E-state index in [1.54, 1.807) is 18.2 Å². The molecule has 1 saturated heterocycles. The number of rotatable bonds is 3. The number of carbonyl (C=O) groups is 3. The van der Waals surface area contributed by atoms with Crippen LogP contribution in [0.3, 0.4) is 0 Å². The Balaban J connectivity index is 1.45.